The molecular formula is C11H12ClF3N2O. The molecular weight excluding hydrogens is 269 g/mol. The van der Waals surface area contributed by atoms with E-state index in [4.69, 9.17) is 16.3 Å². The predicted molar refractivity (Wildman–Crippen MR) is 61.7 cm³/mol. The number of anilines is 1. The van der Waals surface area contributed by atoms with E-state index in [0.29, 0.717) is 19.1 Å². The molecule has 1 atom stereocenters. The Balaban J connectivity index is 2.01. The summed E-state index contributed by atoms with van der Waals surface area (Å²) >= 11 is 5.76. The summed E-state index contributed by atoms with van der Waals surface area (Å²) in [6.45, 7) is 1.98. The van der Waals surface area contributed by atoms with E-state index in [1.807, 2.05) is 0 Å². The molecule has 1 unspecified atom stereocenters. The molecule has 1 saturated heterocycles. The van der Waals surface area contributed by atoms with Gasteiger partial charge in [-0.2, -0.15) is 13.2 Å². The zero-order chi connectivity index (χ0) is 13.2. The number of halogens is 4. The molecule has 0 saturated carbocycles. The highest BCUT2D eigenvalue weighted by molar-refractivity contribution is 6.32. The van der Waals surface area contributed by atoms with Gasteiger partial charge >= 0.3 is 6.18 Å². The van der Waals surface area contributed by atoms with E-state index >= 15 is 0 Å². The fourth-order valence-electron chi connectivity index (χ4n) is 1.71. The van der Waals surface area contributed by atoms with Crippen molar-refractivity contribution in [3.8, 4) is 0 Å². The maximum absolute atomic E-state index is 12.4. The molecule has 1 aromatic heterocycles. The Bertz CT molecular complexity index is 419. The van der Waals surface area contributed by atoms with Crippen molar-refractivity contribution < 1.29 is 17.9 Å². The highest BCUT2D eigenvalue weighted by Crippen LogP contribution is 2.32. The molecule has 0 bridgehead atoms. The molecule has 1 N–H and O–H groups in total. The second-order valence-corrected chi connectivity index (χ2v) is 4.57. The molecule has 1 fully saturated rings. The topological polar surface area (TPSA) is 34.2 Å². The van der Waals surface area contributed by atoms with Crippen LogP contribution in [0.1, 0.15) is 12.0 Å². The maximum Gasteiger partial charge on any atom is 0.417 e. The summed E-state index contributed by atoms with van der Waals surface area (Å²) in [6.07, 6.45) is -2.71. The number of hydrogen-bond acceptors (Lipinski definition) is 3. The SMILES string of the molecule is FC(F)(F)c1cnc(NCC2CCOC2)c(Cl)c1. The van der Waals surface area contributed by atoms with Gasteiger partial charge in [-0.3, -0.25) is 0 Å². The Kier molecular flexibility index (Phi) is 3.97. The summed E-state index contributed by atoms with van der Waals surface area (Å²) in [5.74, 6) is 0.627. The summed E-state index contributed by atoms with van der Waals surface area (Å²) in [6, 6.07) is 0.877. The Morgan fingerprint density at radius 2 is 2.28 bits per heavy atom. The van der Waals surface area contributed by atoms with Gasteiger partial charge in [-0.1, -0.05) is 11.6 Å². The van der Waals surface area contributed by atoms with Crippen molar-refractivity contribution in [2.24, 2.45) is 5.92 Å². The van der Waals surface area contributed by atoms with Crippen molar-refractivity contribution in [2.45, 2.75) is 12.6 Å². The lowest BCUT2D eigenvalue weighted by Gasteiger charge is -2.12. The van der Waals surface area contributed by atoms with E-state index in [2.05, 4.69) is 10.3 Å². The zero-order valence-electron chi connectivity index (χ0n) is 9.43. The van der Waals surface area contributed by atoms with E-state index in [1.54, 1.807) is 0 Å². The average Bonchev–Trinajstić information content (AvgIpc) is 2.79. The molecule has 2 rings (SSSR count). The van der Waals surface area contributed by atoms with Crippen LogP contribution in [0.5, 0.6) is 0 Å². The van der Waals surface area contributed by atoms with Gasteiger partial charge in [0.05, 0.1) is 17.2 Å². The third kappa shape index (κ3) is 3.26. The lowest BCUT2D eigenvalue weighted by molar-refractivity contribution is -0.137. The first kappa shape index (κ1) is 13.4. The third-order valence-corrected chi connectivity index (χ3v) is 3.04. The highest BCUT2D eigenvalue weighted by atomic mass is 35.5. The first-order chi connectivity index (χ1) is 8.47. The number of aromatic nitrogens is 1. The Morgan fingerprint density at radius 1 is 1.50 bits per heavy atom. The summed E-state index contributed by atoms with van der Waals surface area (Å²) in [5, 5.41) is 2.92. The predicted octanol–water partition coefficient (Wildman–Crippen LogP) is 3.20. The molecule has 7 heteroatoms. The molecule has 18 heavy (non-hydrogen) atoms. The minimum atomic E-state index is -4.42. The number of ether oxygens (including phenoxy) is 1. The van der Waals surface area contributed by atoms with Gasteiger partial charge in [0.15, 0.2) is 0 Å². The van der Waals surface area contributed by atoms with Crippen LogP contribution in [0, 0.1) is 5.92 Å². The maximum atomic E-state index is 12.4. The van der Waals surface area contributed by atoms with Crippen LogP contribution in [-0.4, -0.2) is 24.7 Å². The molecule has 0 aromatic carbocycles. The number of nitrogens with one attached hydrogen (secondary N) is 1. The Labute approximate surface area is 107 Å². The van der Waals surface area contributed by atoms with Crippen molar-refractivity contribution >= 4 is 17.4 Å². The quantitative estimate of drug-likeness (QED) is 0.923. The van der Waals surface area contributed by atoms with Gasteiger partial charge in [0.2, 0.25) is 0 Å². The minimum Gasteiger partial charge on any atom is -0.381 e. The van der Waals surface area contributed by atoms with Gasteiger partial charge in [-0.05, 0) is 12.5 Å². The van der Waals surface area contributed by atoms with Gasteiger partial charge in [-0.25, -0.2) is 4.98 Å². The van der Waals surface area contributed by atoms with Gasteiger partial charge in [-0.15, -0.1) is 0 Å². The standard InChI is InChI=1S/C11H12ClF3N2O/c12-9-3-8(11(13,14)15)5-17-10(9)16-4-7-1-2-18-6-7/h3,5,7H,1-2,4,6H2,(H,16,17). The fraction of sp³-hybridized carbons (Fsp3) is 0.545. The normalized spacial score (nSPS) is 20.1. The summed E-state index contributed by atoms with van der Waals surface area (Å²) < 4.78 is 42.4. The second-order valence-electron chi connectivity index (χ2n) is 4.16. The number of nitrogens with zero attached hydrogens (tertiary/aromatic N) is 1. The van der Waals surface area contributed by atoms with Crippen LogP contribution < -0.4 is 5.32 Å². The van der Waals surface area contributed by atoms with Gasteiger partial charge in [0.25, 0.3) is 0 Å². The lowest BCUT2D eigenvalue weighted by atomic mass is 10.1. The number of hydrogen-bond donors (Lipinski definition) is 1. The van der Waals surface area contributed by atoms with E-state index in [1.165, 1.54) is 0 Å². The fourth-order valence-corrected chi connectivity index (χ4v) is 1.94. The Hall–Kier alpha value is -1.01. The van der Waals surface area contributed by atoms with Crippen LogP contribution >= 0.6 is 11.6 Å². The van der Waals surface area contributed by atoms with Crippen molar-refractivity contribution in [1.29, 1.82) is 0 Å². The highest BCUT2D eigenvalue weighted by Gasteiger charge is 2.31. The Morgan fingerprint density at radius 3 is 2.83 bits per heavy atom. The summed E-state index contributed by atoms with van der Waals surface area (Å²) in [5.41, 5.74) is -0.845. The van der Waals surface area contributed by atoms with Crippen molar-refractivity contribution in [3.63, 3.8) is 0 Å². The molecule has 0 radical (unpaired) electrons. The van der Waals surface area contributed by atoms with Crippen LogP contribution in [0.2, 0.25) is 5.02 Å². The zero-order valence-corrected chi connectivity index (χ0v) is 10.2. The minimum absolute atomic E-state index is 0.0243. The largest absolute Gasteiger partial charge is 0.417 e. The number of rotatable bonds is 3. The van der Waals surface area contributed by atoms with Gasteiger partial charge in [0.1, 0.15) is 5.82 Å². The van der Waals surface area contributed by atoms with Crippen molar-refractivity contribution in [2.75, 3.05) is 25.1 Å². The van der Waals surface area contributed by atoms with Crippen molar-refractivity contribution in [3.05, 3.63) is 22.8 Å². The second kappa shape index (κ2) is 5.32. The molecule has 1 aliphatic heterocycles. The smallest absolute Gasteiger partial charge is 0.381 e. The molecule has 2 heterocycles. The molecule has 1 aliphatic rings. The van der Waals surface area contributed by atoms with Crippen LogP contribution in [0.4, 0.5) is 19.0 Å². The van der Waals surface area contributed by atoms with E-state index in [9.17, 15) is 13.2 Å². The first-order valence-electron chi connectivity index (χ1n) is 5.51. The first-order valence-corrected chi connectivity index (χ1v) is 5.89. The molecule has 1 aromatic rings. The molecule has 0 aliphatic carbocycles. The molecule has 0 spiro atoms. The number of pyridine rings is 1. The monoisotopic (exact) mass is 280 g/mol. The third-order valence-electron chi connectivity index (χ3n) is 2.75. The summed E-state index contributed by atoms with van der Waals surface area (Å²) in [4.78, 5) is 3.70. The van der Waals surface area contributed by atoms with Crippen LogP contribution in [0.3, 0.4) is 0 Å². The molecule has 3 nitrogen and oxygen atoms in total. The number of alkyl halides is 3. The summed E-state index contributed by atoms with van der Waals surface area (Å²) in [7, 11) is 0. The van der Waals surface area contributed by atoms with Crippen LogP contribution in [-0.2, 0) is 10.9 Å². The van der Waals surface area contributed by atoms with E-state index in [-0.39, 0.29) is 10.8 Å². The average molecular weight is 281 g/mol. The van der Waals surface area contributed by atoms with Gasteiger partial charge in [0, 0.05) is 25.3 Å². The van der Waals surface area contributed by atoms with Crippen LogP contribution in [0.25, 0.3) is 0 Å². The van der Waals surface area contributed by atoms with Crippen molar-refractivity contribution in [1.82, 2.24) is 4.98 Å². The molecule has 100 valence electrons. The molecule has 0 amide bonds. The van der Waals surface area contributed by atoms with E-state index < -0.39 is 11.7 Å². The van der Waals surface area contributed by atoms with Gasteiger partial charge < -0.3 is 10.1 Å². The van der Waals surface area contributed by atoms with Crippen LogP contribution in [0.15, 0.2) is 12.3 Å². The lowest BCUT2D eigenvalue weighted by Crippen LogP contribution is -2.15. The van der Waals surface area contributed by atoms with E-state index in [0.717, 1.165) is 25.3 Å².